The minimum atomic E-state index is -0.158. The van der Waals surface area contributed by atoms with E-state index in [0.29, 0.717) is 0 Å². The van der Waals surface area contributed by atoms with Gasteiger partial charge in [0.1, 0.15) is 12.5 Å². The maximum absolute atomic E-state index is 6.08. The molecule has 2 N–H and O–H groups in total. The number of ether oxygens (including phenoxy) is 1. The minimum absolute atomic E-state index is 0.158. The molecular formula is C14H14I2N2O. The lowest BCUT2D eigenvalue weighted by atomic mass is 10.2. The van der Waals surface area contributed by atoms with Gasteiger partial charge in [-0.3, -0.25) is 0 Å². The molecule has 0 aromatic heterocycles. The second kappa shape index (κ2) is 8.15. The van der Waals surface area contributed by atoms with Crippen molar-refractivity contribution in [2.45, 2.75) is 12.5 Å². The molecule has 0 saturated heterocycles. The molecule has 0 radical (unpaired) electrons. The van der Waals surface area contributed by atoms with Gasteiger partial charge in [-0.05, 0) is 11.1 Å². The summed E-state index contributed by atoms with van der Waals surface area (Å²) in [4.78, 5) is 0. The highest BCUT2D eigenvalue weighted by molar-refractivity contribution is 14.1. The predicted molar refractivity (Wildman–Crippen MR) is 93.8 cm³/mol. The Hall–Kier alpha value is -0.220. The summed E-state index contributed by atoms with van der Waals surface area (Å²) >= 11 is 4.23. The van der Waals surface area contributed by atoms with E-state index in [9.17, 15) is 0 Å². The van der Waals surface area contributed by atoms with E-state index >= 15 is 0 Å². The largest absolute Gasteiger partial charge is 0.335 e. The van der Waals surface area contributed by atoms with Crippen molar-refractivity contribution in [3.63, 3.8) is 0 Å². The molecule has 0 fully saturated rings. The zero-order valence-electron chi connectivity index (χ0n) is 10.1. The second-order valence-electron chi connectivity index (χ2n) is 3.94. The number of nitrogens with one attached hydrogen (secondary N) is 2. The monoisotopic (exact) mass is 480 g/mol. The van der Waals surface area contributed by atoms with Crippen LogP contribution in [-0.4, -0.2) is 0 Å². The zero-order valence-corrected chi connectivity index (χ0v) is 14.4. The van der Waals surface area contributed by atoms with Crippen LogP contribution in [0.25, 0.3) is 0 Å². The van der Waals surface area contributed by atoms with Gasteiger partial charge in [-0.25, -0.2) is 7.06 Å². The molecule has 2 atom stereocenters. The number of hydrogen-bond donors (Lipinski definition) is 2. The van der Waals surface area contributed by atoms with Gasteiger partial charge in [-0.2, -0.15) is 0 Å². The van der Waals surface area contributed by atoms with Gasteiger partial charge in [-0.1, -0.05) is 60.7 Å². The average Bonchev–Trinajstić information content (AvgIpc) is 2.50. The first kappa shape index (κ1) is 15.2. The Kier molecular flexibility index (Phi) is 6.51. The van der Waals surface area contributed by atoms with Gasteiger partial charge < -0.3 is 4.74 Å². The van der Waals surface area contributed by atoms with Crippen LogP contribution in [0.15, 0.2) is 60.7 Å². The summed E-state index contributed by atoms with van der Waals surface area (Å²) in [6.45, 7) is 0. The van der Waals surface area contributed by atoms with Crippen LogP contribution >= 0.6 is 45.7 Å². The van der Waals surface area contributed by atoms with E-state index in [1.807, 2.05) is 60.7 Å². The summed E-state index contributed by atoms with van der Waals surface area (Å²) in [6, 6.07) is 20.2. The fraction of sp³-hybridized carbons (Fsp3) is 0.143. The van der Waals surface area contributed by atoms with Crippen molar-refractivity contribution >= 4 is 45.7 Å². The molecule has 5 heteroatoms. The molecule has 0 saturated carbocycles. The Morgan fingerprint density at radius 1 is 0.684 bits per heavy atom. The molecule has 0 aliphatic carbocycles. The van der Waals surface area contributed by atoms with Crippen molar-refractivity contribution in [3.8, 4) is 0 Å². The Morgan fingerprint density at radius 3 is 1.37 bits per heavy atom. The highest BCUT2D eigenvalue weighted by Crippen LogP contribution is 2.24. The van der Waals surface area contributed by atoms with Crippen LogP contribution < -0.4 is 7.06 Å². The van der Waals surface area contributed by atoms with E-state index in [1.54, 1.807) is 0 Å². The Labute approximate surface area is 141 Å². The second-order valence-corrected chi connectivity index (χ2v) is 5.18. The van der Waals surface area contributed by atoms with Gasteiger partial charge in [0, 0.05) is 45.7 Å². The molecule has 0 heterocycles. The maximum Gasteiger partial charge on any atom is 0.144 e. The minimum Gasteiger partial charge on any atom is -0.335 e. The molecule has 19 heavy (non-hydrogen) atoms. The van der Waals surface area contributed by atoms with Crippen LogP contribution in [0.2, 0.25) is 0 Å². The number of halogens is 2. The van der Waals surface area contributed by atoms with Gasteiger partial charge >= 0.3 is 0 Å². The fourth-order valence-corrected chi connectivity index (χ4v) is 2.74. The summed E-state index contributed by atoms with van der Waals surface area (Å²) in [5.74, 6) is 0. The van der Waals surface area contributed by atoms with E-state index in [1.165, 1.54) is 0 Å². The van der Waals surface area contributed by atoms with Crippen LogP contribution in [0.5, 0.6) is 0 Å². The SMILES string of the molecule is INC(OC(NI)c1ccccc1)c1ccccc1. The van der Waals surface area contributed by atoms with E-state index in [-0.39, 0.29) is 12.5 Å². The lowest BCUT2D eigenvalue weighted by Crippen LogP contribution is -2.23. The van der Waals surface area contributed by atoms with Crippen molar-refractivity contribution in [3.05, 3.63) is 71.8 Å². The molecule has 2 rings (SSSR count). The van der Waals surface area contributed by atoms with Gasteiger partial charge in [0.15, 0.2) is 0 Å². The lowest BCUT2D eigenvalue weighted by molar-refractivity contribution is -0.0195. The van der Waals surface area contributed by atoms with Crippen molar-refractivity contribution in [2.75, 3.05) is 0 Å². The Morgan fingerprint density at radius 2 is 1.05 bits per heavy atom. The number of benzene rings is 2. The third kappa shape index (κ3) is 4.38. The van der Waals surface area contributed by atoms with Crippen LogP contribution in [0.3, 0.4) is 0 Å². The molecule has 0 aliphatic rings. The molecule has 0 aliphatic heterocycles. The third-order valence-electron chi connectivity index (χ3n) is 2.68. The van der Waals surface area contributed by atoms with Gasteiger partial charge in [0.05, 0.1) is 0 Å². The summed E-state index contributed by atoms with van der Waals surface area (Å²) < 4.78 is 12.4. The maximum atomic E-state index is 6.08. The lowest BCUT2D eigenvalue weighted by Gasteiger charge is -2.23. The Bertz CT molecular complexity index is 436. The first-order valence-corrected chi connectivity index (χ1v) is 7.98. The number of rotatable bonds is 6. The van der Waals surface area contributed by atoms with E-state index in [0.717, 1.165) is 11.1 Å². The van der Waals surface area contributed by atoms with Crippen molar-refractivity contribution in [1.82, 2.24) is 7.06 Å². The summed E-state index contributed by atoms with van der Waals surface area (Å²) in [5, 5.41) is 0. The number of hydrogen-bond acceptors (Lipinski definition) is 3. The van der Waals surface area contributed by atoms with E-state index in [2.05, 4.69) is 52.8 Å². The highest BCUT2D eigenvalue weighted by Gasteiger charge is 2.17. The third-order valence-corrected chi connectivity index (χ3v) is 3.81. The van der Waals surface area contributed by atoms with E-state index < -0.39 is 0 Å². The highest BCUT2D eigenvalue weighted by atomic mass is 127. The molecule has 0 bridgehead atoms. The molecule has 0 spiro atoms. The summed E-state index contributed by atoms with van der Waals surface area (Å²) in [6.07, 6.45) is -0.316. The average molecular weight is 480 g/mol. The molecule has 2 aromatic carbocycles. The van der Waals surface area contributed by atoms with Crippen LogP contribution in [0.4, 0.5) is 0 Å². The van der Waals surface area contributed by atoms with Crippen LogP contribution in [0.1, 0.15) is 23.6 Å². The van der Waals surface area contributed by atoms with Gasteiger partial charge in [0.2, 0.25) is 0 Å². The zero-order chi connectivity index (χ0) is 13.5. The molecule has 2 aromatic rings. The first-order chi connectivity index (χ1) is 9.35. The smallest absolute Gasteiger partial charge is 0.144 e. The quantitative estimate of drug-likeness (QED) is 0.368. The fourth-order valence-electron chi connectivity index (χ4n) is 1.73. The van der Waals surface area contributed by atoms with Crippen molar-refractivity contribution in [2.24, 2.45) is 0 Å². The molecular weight excluding hydrogens is 466 g/mol. The predicted octanol–water partition coefficient (Wildman–Crippen LogP) is 4.28. The molecule has 0 amide bonds. The molecule has 2 unspecified atom stereocenters. The van der Waals surface area contributed by atoms with Crippen molar-refractivity contribution < 1.29 is 4.74 Å². The first-order valence-electron chi connectivity index (χ1n) is 5.83. The molecule has 3 nitrogen and oxygen atoms in total. The van der Waals surface area contributed by atoms with Gasteiger partial charge in [0.25, 0.3) is 0 Å². The van der Waals surface area contributed by atoms with Crippen LogP contribution in [0, 0.1) is 0 Å². The van der Waals surface area contributed by atoms with E-state index in [4.69, 9.17) is 4.74 Å². The summed E-state index contributed by atoms with van der Waals surface area (Å²) in [5.41, 5.74) is 2.20. The Balaban J connectivity index is 2.13. The topological polar surface area (TPSA) is 33.3 Å². The molecule has 100 valence electrons. The van der Waals surface area contributed by atoms with Gasteiger partial charge in [-0.15, -0.1) is 0 Å². The van der Waals surface area contributed by atoms with Crippen LogP contribution in [-0.2, 0) is 4.74 Å². The normalized spacial score (nSPS) is 14.0. The standard InChI is InChI=1S/C14H14I2N2O/c15-17-13(11-7-3-1-4-8-11)19-14(18-16)12-9-5-2-6-10-12/h1-10,13-14,17-18H. The summed E-state index contributed by atoms with van der Waals surface area (Å²) in [7, 11) is 0. The van der Waals surface area contributed by atoms with Crippen molar-refractivity contribution in [1.29, 1.82) is 0 Å².